The molecule has 0 fully saturated rings. The Bertz CT molecular complexity index is 838. The molecule has 0 bridgehead atoms. The summed E-state index contributed by atoms with van der Waals surface area (Å²) in [5.41, 5.74) is 1.84. The minimum atomic E-state index is -0.959. The largest absolute Gasteiger partial charge is 0.444 e. The molecule has 2 atom stereocenters. The number of aryl methyl sites for hydroxylation is 1. The van der Waals surface area contributed by atoms with Crippen LogP contribution in [0, 0.1) is 13.8 Å². The van der Waals surface area contributed by atoms with Gasteiger partial charge in [0.1, 0.15) is 17.7 Å². The van der Waals surface area contributed by atoms with Gasteiger partial charge < -0.3 is 25.4 Å². The number of benzene rings is 1. The molecule has 1 aromatic rings. The van der Waals surface area contributed by atoms with E-state index in [0.717, 1.165) is 11.1 Å². The minimum Gasteiger partial charge on any atom is -0.444 e. The van der Waals surface area contributed by atoms with E-state index in [1.54, 1.807) is 32.5 Å². The van der Waals surface area contributed by atoms with Crippen LogP contribution in [0.4, 0.5) is 4.79 Å². The van der Waals surface area contributed by atoms with Crippen LogP contribution in [0.2, 0.25) is 0 Å². The number of nitrogens with zero attached hydrogens (tertiary/aromatic N) is 1. The van der Waals surface area contributed by atoms with Crippen LogP contribution in [0.3, 0.4) is 0 Å². The molecule has 0 radical (unpaired) electrons. The van der Waals surface area contributed by atoms with Gasteiger partial charge in [0.15, 0.2) is 0 Å². The summed E-state index contributed by atoms with van der Waals surface area (Å²) in [7, 11) is 0. The summed E-state index contributed by atoms with van der Waals surface area (Å²) in [5.74, 6) is -0.170. The molecule has 1 aromatic carbocycles. The summed E-state index contributed by atoms with van der Waals surface area (Å²) in [6.07, 6.45) is 1.56. The van der Waals surface area contributed by atoms with Crippen molar-refractivity contribution in [3.05, 3.63) is 34.9 Å². The summed E-state index contributed by atoms with van der Waals surface area (Å²) in [4.78, 5) is 41.0. The fraction of sp³-hybridized carbons (Fsp3) is 0.640. The summed E-state index contributed by atoms with van der Waals surface area (Å²) in [5, 5.41) is 15.4. The van der Waals surface area contributed by atoms with Crippen LogP contribution in [-0.2, 0) is 14.3 Å². The molecule has 3 N–H and O–H groups in total. The van der Waals surface area contributed by atoms with Crippen LogP contribution in [-0.4, -0.2) is 70.8 Å². The van der Waals surface area contributed by atoms with E-state index in [1.165, 1.54) is 4.90 Å². The Balaban J connectivity index is 3.46. The van der Waals surface area contributed by atoms with Crippen molar-refractivity contribution in [3.8, 4) is 0 Å². The summed E-state index contributed by atoms with van der Waals surface area (Å²) in [6.45, 7) is 12.4. The molecular weight excluding hydrogens is 454 g/mol. The predicted molar refractivity (Wildman–Crippen MR) is 137 cm³/mol. The maximum atomic E-state index is 13.8. The maximum Gasteiger partial charge on any atom is 0.408 e. The van der Waals surface area contributed by atoms with Crippen molar-refractivity contribution in [1.29, 1.82) is 0 Å². The van der Waals surface area contributed by atoms with Crippen molar-refractivity contribution in [2.24, 2.45) is 0 Å². The van der Waals surface area contributed by atoms with Gasteiger partial charge in [-0.05, 0) is 83.6 Å². The Morgan fingerprint density at radius 1 is 1.15 bits per heavy atom. The number of aliphatic hydroxyl groups excluding tert-OH is 1. The van der Waals surface area contributed by atoms with E-state index in [1.807, 2.05) is 52.1 Å². The topological polar surface area (TPSA) is 108 Å². The van der Waals surface area contributed by atoms with Gasteiger partial charge in [-0.2, -0.15) is 11.8 Å². The molecule has 2 unspecified atom stereocenters. The van der Waals surface area contributed by atoms with Crippen molar-refractivity contribution in [1.82, 2.24) is 15.5 Å². The smallest absolute Gasteiger partial charge is 0.408 e. The number of rotatable bonds is 11. The molecule has 0 spiro atoms. The first-order valence-corrected chi connectivity index (χ1v) is 13.0. The van der Waals surface area contributed by atoms with Crippen LogP contribution in [0.15, 0.2) is 18.2 Å². The lowest BCUT2D eigenvalue weighted by Gasteiger charge is -2.35. The summed E-state index contributed by atoms with van der Waals surface area (Å²) in [6, 6.07) is 3.60. The SMILES string of the molecule is CSCCC(NC(=O)OC(C)(C)C)C(=O)N(CCO)C(C(=O)NC(C)C)c1cccc(C)c1C. The lowest BCUT2D eigenvalue weighted by atomic mass is 9.94. The third kappa shape index (κ3) is 9.18. The van der Waals surface area contributed by atoms with Crippen LogP contribution < -0.4 is 10.6 Å². The third-order valence-corrected chi connectivity index (χ3v) is 5.80. The Hall–Kier alpha value is -2.26. The number of ether oxygens (including phenoxy) is 1. The van der Waals surface area contributed by atoms with Crippen molar-refractivity contribution < 1.29 is 24.2 Å². The zero-order valence-electron chi connectivity index (χ0n) is 21.7. The maximum absolute atomic E-state index is 13.8. The molecule has 192 valence electrons. The van der Waals surface area contributed by atoms with Gasteiger partial charge in [0.25, 0.3) is 0 Å². The minimum absolute atomic E-state index is 0.0613. The van der Waals surface area contributed by atoms with Crippen LogP contribution in [0.1, 0.15) is 63.8 Å². The molecule has 0 saturated carbocycles. The Kier molecular flexibility index (Phi) is 11.9. The Morgan fingerprint density at radius 2 is 1.79 bits per heavy atom. The summed E-state index contributed by atoms with van der Waals surface area (Å²) >= 11 is 1.55. The van der Waals surface area contributed by atoms with Gasteiger partial charge in [0.05, 0.1) is 6.61 Å². The van der Waals surface area contributed by atoms with Gasteiger partial charge in [-0.1, -0.05) is 18.2 Å². The number of hydrogen-bond acceptors (Lipinski definition) is 6. The first kappa shape index (κ1) is 29.8. The van der Waals surface area contributed by atoms with Crippen LogP contribution in [0.25, 0.3) is 0 Å². The number of nitrogens with one attached hydrogen (secondary N) is 2. The van der Waals surface area contributed by atoms with Gasteiger partial charge in [0, 0.05) is 12.6 Å². The molecule has 0 aromatic heterocycles. The molecule has 0 aliphatic rings. The van der Waals surface area contributed by atoms with E-state index in [0.29, 0.717) is 17.7 Å². The molecule has 0 heterocycles. The van der Waals surface area contributed by atoms with E-state index >= 15 is 0 Å². The molecule has 0 saturated heterocycles. The fourth-order valence-corrected chi connectivity index (χ4v) is 3.97. The number of amides is 3. The number of aliphatic hydroxyl groups is 1. The molecule has 8 nitrogen and oxygen atoms in total. The predicted octanol–water partition coefficient (Wildman–Crippen LogP) is 3.34. The molecule has 3 amide bonds. The standard InChI is InChI=1S/C25H41N3O5S/c1-16(2)26-22(30)21(19-11-9-10-17(3)18(19)4)28(13-14-29)23(31)20(12-15-34-8)27-24(32)33-25(5,6)7/h9-11,16,20-21,29H,12-15H2,1-8H3,(H,26,30)(H,27,32). The van der Waals surface area contributed by atoms with Crippen LogP contribution in [0.5, 0.6) is 0 Å². The van der Waals surface area contributed by atoms with Gasteiger partial charge >= 0.3 is 6.09 Å². The van der Waals surface area contributed by atoms with Crippen molar-refractivity contribution in [2.45, 2.75) is 78.6 Å². The second-order valence-electron chi connectivity index (χ2n) is 9.59. The highest BCUT2D eigenvalue weighted by molar-refractivity contribution is 7.98. The zero-order valence-corrected chi connectivity index (χ0v) is 22.5. The average Bonchev–Trinajstić information content (AvgIpc) is 2.71. The Labute approximate surface area is 208 Å². The lowest BCUT2D eigenvalue weighted by Crippen LogP contribution is -2.54. The second-order valence-corrected chi connectivity index (χ2v) is 10.6. The first-order chi connectivity index (χ1) is 15.8. The van der Waals surface area contributed by atoms with E-state index in [2.05, 4.69) is 10.6 Å². The van der Waals surface area contributed by atoms with Crippen molar-refractivity contribution >= 4 is 29.7 Å². The number of hydrogen-bond donors (Lipinski definition) is 3. The average molecular weight is 496 g/mol. The van der Waals surface area contributed by atoms with E-state index < -0.39 is 29.7 Å². The number of thioether (sulfide) groups is 1. The van der Waals surface area contributed by atoms with Gasteiger partial charge in [-0.25, -0.2) is 4.79 Å². The monoisotopic (exact) mass is 495 g/mol. The fourth-order valence-electron chi connectivity index (χ4n) is 3.50. The molecule has 1 rings (SSSR count). The highest BCUT2D eigenvalue weighted by Gasteiger charge is 2.36. The zero-order chi connectivity index (χ0) is 26.1. The van der Waals surface area contributed by atoms with Crippen molar-refractivity contribution in [2.75, 3.05) is 25.2 Å². The van der Waals surface area contributed by atoms with Crippen LogP contribution >= 0.6 is 11.8 Å². The van der Waals surface area contributed by atoms with Gasteiger partial charge in [-0.15, -0.1) is 0 Å². The van der Waals surface area contributed by atoms with E-state index in [9.17, 15) is 19.5 Å². The summed E-state index contributed by atoms with van der Waals surface area (Å²) < 4.78 is 5.36. The highest BCUT2D eigenvalue weighted by Crippen LogP contribution is 2.27. The first-order valence-electron chi connectivity index (χ1n) is 11.6. The third-order valence-electron chi connectivity index (χ3n) is 5.16. The quantitative estimate of drug-likeness (QED) is 0.435. The Morgan fingerprint density at radius 3 is 2.32 bits per heavy atom. The lowest BCUT2D eigenvalue weighted by molar-refractivity contribution is -0.143. The number of carbonyl (C=O) groups excluding carboxylic acids is 3. The molecule has 34 heavy (non-hydrogen) atoms. The molecule has 9 heteroatoms. The molecule has 0 aliphatic carbocycles. The van der Waals surface area contributed by atoms with Gasteiger partial charge in [0.2, 0.25) is 11.8 Å². The second kappa shape index (κ2) is 13.6. The molecular formula is C25H41N3O5S. The number of alkyl carbamates (subject to hydrolysis) is 1. The van der Waals surface area contributed by atoms with E-state index in [4.69, 9.17) is 4.74 Å². The van der Waals surface area contributed by atoms with Crippen molar-refractivity contribution in [3.63, 3.8) is 0 Å². The normalized spacial score (nSPS) is 13.2. The van der Waals surface area contributed by atoms with E-state index in [-0.39, 0.29) is 25.1 Å². The number of carbonyl (C=O) groups is 3. The van der Waals surface area contributed by atoms with Gasteiger partial charge in [-0.3, -0.25) is 9.59 Å². The molecule has 0 aliphatic heterocycles. The highest BCUT2D eigenvalue weighted by atomic mass is 32.2.